The average molecular weight is 412 g/mol. The standard InChI is InChI=1S/C22H29N5O3/c1-15-12-19(28)27(17-4-2-3-5-17)20-18(15)13-23-22(24-20)26-7-6-16(14-26)21(29)25-8-10-30-11-9-25/h12-13,16-17H,2-11,14H2,1H3. The molecule has 0 radical (unpaired) electrons. The van der Waals surface area contributed by atoms with E-state index in [0.717, 1.165) is 55.2 Å². The van der Waals surface area contributed by atoms with E-state index in [9.17, 15) is 9.59 Å². The Kier molecular flexibility index (Phi) is 5.18. The first kappa shape index (κ1) is 19.5. The molecular formula is C22H29N5O3. The van der Waals surface area contributed by atoms with E-state index in [0.29, 0.717) is 38.8 Å². The van der Waals surface area contributed by atoms with E-state index < -0.39 is 0 Å². The number of fused-ring (bicyclic) bond motifs is 1. The van der Waals surface area contributed by atoms with E-state index in [-0.39, 0.29) is 23.4 Å². The van der Waals surface area contributed by atoms with Crippen LogP contribution in [-0.4, -0.2) is 64.7 Å². The van der Waals surface area contributed by atoms with Crippen LogP contribution in [0, 0.1) is 12.8 Å². The number of hydrogen-bond acceptors (Lipinski definition) is 6. The molecule has 1 amide bonds. The molecule has 1 saturated carbocycles. The lowest BCUT2D eigenvalue weighted by atomic mass is 10.1. The number of carbonyl (C=O) groups is 1. The fraction of sp³-hybridized carbons (Fsp3) is 0.636. The number of morpholine rings is 1. The highest BCUT2D eigenvalue weighted by Gasteiger charge is 2.33. The largest absolute Gasteiger partial charge is 0.378 e. The molecule has 0 bridgehead atoms. The molecule has 2 aromatic rings. The SMILES string of the molecule is Cc1cc(=O)n(C2CCCC2)c2nc(N3CCC(C(=O)N4CCOCC4)C3)ncc12. The summed E-state index contributed by atoms with van der Waals surface area (Å²) in [5, 5.41) is 0.936. The molecule has 0 aromatic carbocycles. The molecule has 30 heavy (non-hydrogen) atoms. The van der Waals surface area contributed by atoms with Crippen LogP contribution in [0.15, 0.2) is 17.1 Å². The number of anilines is 1. The number of nitrogens with zero attached hydrogens (tertiary/aromatic N) is 5. The summed E-state index contributed by atoms with van der Waals surface area (Å²) < 4.78 is 7.25. The normalized spacial score (nSPS) is 22.9. The lowest BCUT2D eigenvalue weighted by molar-refractivity contribution is -0.138. The molecule has 1 unspecified atom stereocenters. The molecule has 2 saturated heterocycles. The molecule has 3 aliphatic rings. The lowest BCUT2D eigenvalue weighted by Gasteiger charge is -2.29. The van der Waals surface area contributed by atoms with E-state index in [1.165, 1.54) is 0 Å². The highest BCUT2D eigenvalue weighted by molar-refractivity contribution is 5.81. The van der Waals surface area contributed by atoms with Gasteiger partial charge in [0, 0.05) is 49.9 Å². The summed E-state index contributed by atoms with van der Waals surface area (Å²) in [4.78, 5) is 39.2. The van der Waals surface area contributed by atoms with Crippen molar-refractivity contribution in [3.8, 4) is 0 Å². The van der Waals surface area contributed by atoms with E-state index in [1.54, 1.807) is 6.07 Å². The first-order valence-electron chi connectivity index (χ1n) is 11.1. The highest BCUT2D eigenvalue weighted by Crippen LogP contribution is 2.31. The van der Waals surface area contributed by atoms with Gasteiger partial charge in [0.15, 0.2) is 0 Å². The van der Waals surface area contributed by atoms with Gasteiger partial charge in [0.2, 0.25) is 11.9 Å². The summed E-state index contributed by atoms with van der Waals surface area (Å²) >= 11 is 0. The Morgan fingerprint density at radius 3 is 2.67 bits per heavy atom. The maximum atomic E-state index is 12.9. The van der Waals surface area contributed by atoms with Gasteiger partial charge in [0.25, 0.3) is 5.56 Å². The minimum atomic E-state index is -0.0306. The number of hydrogen-bond donors (Lipinski definition) is 0. The van der Waals surface area contributed by atoms with Gasteiger partial charge >= 0.3 is 0 Å². The third kappa shape index (κ3) is 3.47. The Labute approximate surface area is 175 Å². The van der Waals surface area contributed by atoms with Crippen molar-refractivity contribution in [3.63, 3.8) is 0 Å². The average Bonchev–Trinajstić information content (AvgIpc) is 3.46. The highest BCUT2D eigenvalue weighted by atomic mass is 16.5. The molecular weight excluding hydrogens is 382 g/mol. The number of carbonyl (C=O) groups excluding carboxylic acids is 1. The van der Waals surface area contributed by atoms with Crippen molar-refractivity contribution in [1.29, 1.82) is 0 Å². The second kappa shape index (κ2) is 7.98. The van der Waals surface area contributed by atoms with E-state index >= 15 is 0 Å². The van der Waals surface area contributed by atoms with E-state index in [2.05, 4.69) is 9.88 Å². The van der Waals surface area contributed by atoms with Crippen molar-refractivity contribution in [2.24, 2.45) is 5.92 Å². The Morgan fingerprint density at radius 1 is 1.13 bits per heavy atom. The lowest BCUT2D eigenvalue weighted by Crippen LogP contribution is -2.44. The molecule has 3 fully saturated rings. The Balaban J connectivity index is 1.43. The molecule has 8 heteroatoms. The fourth-order valence-electron chi connectivity index (χ4n) is 5.12. The molecule has 0 spiro atoms. The summed E-state index contributed by atoms with van der Waals surface area (Å²) in [5.74, 6) is 0.800. The molecule has 5 rings (SSSR count). The van der Waals surface area contributed by atoms with Crippen molar-refractivity contribution in [2.75, 3.05) is 44.3 Å². The summed E-state index contributed by atoms with van der Waals surface area (Å²) in [6.07, 6.45) is 7.01. The van der Waals surface area contributed by atoms with Crippen molar-refractivity contribution >= 4 is 22.9 Å². The zero-order valence-corrected chi connectivity index (χ0v) is 17.5. The van der Waals surface area contributed by atoms with Crippen molar-refractivity contribution in [2.45, 2.75) is 45.1 Å². The van der Waals surface area contributed by atoms with Gasteiger partial charge in [0.05, 0.1) is 19.1 Å². The summed E-state index contributed by atoms with van der Waals surface area (Å²) in [5.41, 5.74) is 1.68. The van der Waals surface area contributed by atoms with E-state index in [4.69, 9.17) is 9.72 Å². The quantitative estimate of drug-likeness (QED) is 0.768. The summed E-state index contributed by atoms with van der Waals surface area (Å²) in [6, 6.07) is 1.92. The number of aromatic nitrogens is 3. The van der Waals surface area contributed by atoms with Crippen LogP contribution in [0.1, 0.15) is 43.7 Å². The van der Waals surface area contributed by atoms with Gasteiger partial charge in [-0.25, -0.2) is 4.98 Å². The predicted molar refractivity (Wildman–Crippen MR) is 114 cm³/mol. The molecule has 1 atom stereocenters. The molecule has 2 aromatic heterocycles. The zero-order valence-electron chi connectivity index (χ0n) is 17.5. The monoisotopic (exact) mass is 411 g/mol. The van der Waals surface area contributed by atoms with Gasteiger partial charge in [-0.2, -0.15) is 4.98 Å². The second-order valence-corrected chi connectivity index (χ2v) is 8.75. The van der Waals surface area contributed by atoms with Crippen LogP contribution in [0.2, 0.25) is 0 Å². The van der Waals surface area contributed by atoms with Crippen LogP contribution in [0.3, 0.4) is 0 Å². The van der Waals surface area contributed by atoms with Crippen molar-refractivity contribution in [3.05, 3.63) is 28.2 Å². The number of ether oxygens (including phenoxy) is 1. The first-order valence-corrected chi connectivity index (χ1v) is 11.1. The van der Waals surface area contributed by atoms with Gasteiger partial charge < -0.3 is 14.5 Å². The number of rotatable bonds is 3. The van der Waals surface area contributed by atoms with Gasteiger partial charge in [-0.05, 0) is 31.7 Å². The van der Waals surface area contributed by atoms with Crippen molar-refractivity contribution < 1.29 is 9.53 Å². The van der Waals surface area contributed by atoms with Crippen LogP contribution < -0.4 is 10.5 Å². The third-order valence-electron chi connectivity index (χ3n) is 6.82. The van der Waals surface area contributed by atoms with Crippen molar-refractivity contribution in [1.82, 2.24) is 19.4 Å². The number of amides is 1. The predicted octanol–water partition coefficient (Wildman–Crippen LogP) is 1.90. The van der Waals surface area contributed by atoms with Crippen LogP contribution >= 0.6 is 0 Å². The number of aryl methyl sites for hydroxylation is 1. The Morgan fingerprint density at radius 2 is 1.90 bits per heavy atom. The molecule has 0 N–H and O–H groups in total. The molecule has 160 valence electrons. The Bertz CT molecular complexity index is 1010. The minimum absolute atomic E-state index is 0.0262. The van der Waals surface area contributed by atoms with Crippen LogP contribution in [0.4, 0.5) is 5.95 Å². The minimum Gasteiger partial charge on any atom is -0.378 e. The smallest absolute Gasteiger partial charge is 0.252 e. The first-order chi connectivity index (χ1) is 14.6. The van der Waals surface area contributed by atoms with Gasteiger partial charge in [0.1, 0.15) is 5.65 Å². The fourth-order valence-corrected chi connectivity index (χ4v) is 5.12. The molecule has 4 heterocycles. The summed E-state index contributed by atoms with van der Waals surface area (Å²) in [6.45, 7) is 5.91. The number of pyridine rings is 1. The molecule has 1 aliphatic carbocycles. The maximum Gasteiger partial charge on any atom is 0.252 e. The Hall–Kier alpha value is -2.48. The van der Waals surface area contributed by atoms with Gasteiger partial charge in [-0.15, -0.1) is 0 Å². The maximum absolute atomic E-state index is 12.9. The van der Waals surface area contributed by atoms with Crippen LogP contribution in [-0.2, 0) is 9.53 Å². The van der Waals surface area contributed by atoms with Gasteiger partial charge in [-0.1, -0.05) is 12.8 Å². The zero-order chi connectivity index (χ0) is 20.7. The van der Waals surface area contributed by atoms with Gasteiger partial charge in [-0.3, -0.25) is 14.2 Å². The molecule has 8 nitrogen and oxygen atoms in total. The summed E-state index contributed by atoms with van der Waals surface area (Å²) in [7, 11) is 0. The topological polar surface area (TPSA) is 80.6 Å². The van der Waals surface area contributed by atoms with E-state index in [1.807, 2.05) is 22.6 Å². The molecule has 2 aliphatic heterocycles. The third-order valence-corrected chi connectivity index (χ3v) is 6.82. The second-order valence-electron chi connectivity index (χ2n) is 8.75. The van der Waals surface area contributed by atoms with Crippen LogP contribution in [0.25, 0.3) is 11.0 Å². The van der Waals surface area contributed by atoms with Crippen LogP contribution in [0.5, 0.6) is 0 Å².